The van der Waals surface area contributed by atoms with E-state index in [1.165, 1.54) is 12.1 Å². The molecule has 0 aliphatic carbocycles. The quantitative estimate of drug-likeness (QED) is 0.576. The van der Waals surface area contributed by atoms with Crippen LogP contribution in [0.25, 0.3) is 0 Å². The van der Waals surface area contributed by atoms with Crippen molar-refractivity contribution < 1.29 is 8.78 Å². The van der Waals surface area contributed by atoms with Crippen LogP contribution in [0.4, 0.5) is 14.5 Å². The molecular formula is C20H16ClF2N3S. The zero-order chi connectivity index (χ0) is 19.2. The molecule has 1 aromatic heterocycles. The monoisotopic (exact) mass is 403 g/mol. The van der Waals surface area contributed by atoms with Crippen LogP contribution in [0.5, 0.6) is 0 Å². The standard InChI is InChI=1S/C20H16ClF2N3S/c21-16-5-3-14(4-6-16)12-26(13-15-2-1-9-24-11-15)20(27)25-19-8-7-17(22)10-18(19)23/h1-11H,12-13H2,(H,25,27). The number of hydrogen-bond donors (Lipinski definition) is 1. The Balaban J connectivity index is 1.81. The van der Waals surface area contributed by atoms with E-state index >= 15 is 0 Å². The van der Waals surface area contributed by atoms with E-state index in [1.807, 2.05) is 29.2 Å². The van der Waals surface area contributed by atoms with Crippen LogP contribution in [0.15, 0.2) is 67.0 Å². The van der Waals surface area contributed by atoms with Crippen LogP contribution in [0.3, 0.4) is 0 Å². The SMILES string of the molecule is Fc1ccc(NC(=S)N(Cc2ccc(Cl)cc2)Cc2cccnc2)c(F)c1. The number of aromatic nitrogens is 1. The van der Waals surface area contributed by atoms with Gasteiger partial charge in [0.1, 0.15) is 11.6 Å². The van der Waals surface area contributed by atoms with Crippen molar-refractivity contribution in [1.29, 1.82) is 0 Å². The minimum absolute atomic E-state index is 0.119. The first-order valence-electron chi connectivity index (χ1n) is 8.15. The molecule has 1 N–H and O–H groups in total. The number of rotatable bonds is 5. The second kappa shape index (κ2) is 8.88. The average molecular weight is 404 g/mol. The molecule has 27 heavy (non-hydrogen) atoms. The summed E-state index contributed by atoms with van der Waals surface area (Å²) in [6, 6.07) is 14.5. The Labute approximate surface area is 166 Å². The van der Waals surface area contributed by atoms with Crippen LogP contribution in [0.2, 0.25) is 5.02 Å². The third kappa shape index (κ3) is 5.45. The summed E-state index contributed by atoms with van der Waals surface area (Å²) < 4.78 is 27.1. The topological polar surface area (TPSA) is 28.2 Å². The Hall–Kier alpha value is -2.57. The Kier molecular flexibility index (Phi) is 6.32. The molecule has 3 rings (SSSR count). The van der Waals surface area contributed by atoms with Crippen LogP contribution < -0.4 is 5.32 Å². The number of anilines is 1. The number of hydrogen-bond acceptors (Lipinski definition) is 2. The highest BCUT2D eigenvalue weighted by Gasteiger charge is 2.14. The van der Waals surface area contributed by atoms with Gasteiger partial charge in [0.15, 0.2) is 5.11 Å². The second-order valence-corrected chi connectivity index (χ2v) is 6.72. The van der Waals surface area contributed by atoms with E-state index in [4.69, 9.17) is 23.8 Å². The highest BCUT2D eigenvalue weighted by atomic mass is 35.5. The minimum atomic E-state index is -0.704. The Morgan fingerprint density at radius 3 is 2.44 bits per heavy atom. The summed E-state index contributed by atoms with van der Waals surface area (Å²) in [4.78, 5) is 5.99. The van der Waals surface area contributed by atoms with Gasteiger partial charge in [0.2, 0.25) is 0 Å². The minimum Gasteiger partial charge on any atom is -0.340 e. The molecule has 3 nitrogen and oxygen atoms in total. The summed E-state index contributed by atoms with van der Waals surface area (Å²) in [5.41, 5.74) is 2.07. The van der Waals surface area contributed by atoms with Gasteiger partial charge in [0.25, 0.3) is 0 Å². The van der Waals surface area contributed by atoms with Crippen molar-refractivity contribution in [2.24, 2.45) is 0 Å². The third-order valence-electron chi connectivity index (χ3n) is 3.84. The van der Waals surface area contributed by atoms with Gasteiger partial charge in [-0.15, -0.1) is 0 Å². The van der Waals surface area contributed by atoms with E-state index in [1.54, 1.807) is 24.5 Å². The summed E-state index contributed by atoms with van der Waals surface area (Å²) in [5, 5.41) is 3.82. The summed E-state index contributed by atoms with van der Waals surface area (Å²) in [7, 11) is 0. The molecule has 0 bridgehead atoms. The molecule has 0 spiro atoms. The predicted molar refractivity (Wildman–Crippen MR) is 108 cm³/mol. The largest absolute Gasteiger partial charge is 0.340 e. The smallest absolute Gasteiger partial charge is 0.174 e. The number of nitrogens with zero attached hydrogens (tertiary/aromatic N) is 2. The van der Waals surface area contributed by atoms with Gasteiger partial charge < -0.3 is 10.2 Å². The molecule has 0 unspecified atom stereocenters. The average Bonchev–Trinajstić information content (AvgIpc) is 2.66. The Morgan fingerprint density at radius 1 is 1.04 bits per heavy atom. The van der Waals surface area contributed by atoms with Gasteiger partial charge in [-0.05, 0) is 53.7 Å². The van der Waals surface area contributed by atoms with Gasteiger partial charge in [-0.2, -0.15) is 0 Å². The lowest BCUT2D eigenvalue weighted by Crippen LogP contribution is -2.34. The van der Waals surface area contributed by atoms with Crippen LogP contribution in [-0.2, 0) is 13.1 Å². The van der Waals surface area contributed by atoms with Crippen LogP contribution >= 0.6 is 23.8 Å². The lowest BCUT2D eigenvalue weighted by molar-refractivity contribution is 0.412. The number of benzene rings is 2. The first kappa shape index (κ1) is 19.2. The Morgan fingerprint density at radius 2 is 1.78 bits per heavy atom. The van der Waals surface area contributed by atoms with E-state index in [0.717, 1.165) is 17.2 Å². The highest BCUT2D eigenvalue weighted by molar-refractivity contribution is 7.80. The molecule has 0 saturated heterocycles. The van der Waals surface area contributed by atoms with E-state index in [2.05, 4.69) is 10.3 Å². The highest BCUT2D eigenvalue weighted by Crippen LogP contribution is 2.18. The molecule has 7 heteroatoms. The van der Waals surface area contributed by atoms with Crippen LogP contribution in [0.1, 0.15) is 11.1 Å². The number of halogens is 3. The molecule has 0 amide bonds. The maximum absolute atomic E-state index is 14.0. The number of nitrogens with one attached hydrogen (secondary N) is 1. The van der Waals surface area contributed by atoms with Crippen molar-refractivity contribution in [2.75, 3.05) is 5.32 Å². The number of pyridine rings is 1. The van der Waals surface area contributed by atoms with Crippen LogP contribution in [-0.4, -0.2) is 15.0 Å². The molecule has 1 heterocycles. The molecule has 0 aliphatic heterocycles. The van der Waals surface area contributed by atoms with Gasteiger partial charge >= 0.3 is 0 Å². The number of thiocarbonyl (C=S) groups is 1. The molecule has 0 aliphatic rings. The van der Waals surface area contributed by atoms with Crippen molar-refractivity contribution in [1.82, 2.24) is 9.88 Å². The molecule has 2 aromatic carbocycles. The third-order valence-corrected chi connectivity index (χ3v) is 4.46. The van der Waals surface area contributed by atoms with Crippen molar-refractivity contribution in [3.05, 3.63) is 94.8 Å². The maximum Gasteiger partial charge on any atom is 0.174 e. The summed E-state index contributed by atoms with van der Waals surface area (Å²) >= 11 is 11.4. The molecule has 0 radical (unpaired) electrons. The molecule has 138 valence electrons. The van der Waals surface area contributed by atoms with Gasteiger partial charge in [0.05, 0.1) is 5.69 Å². The van der Waals surface area contributed by atoms with Crippen molar-refractivity contribution in [3.8, 4) is 0 Å². The van der Waals surface area contributed by atoms with Gasteiger partial charge in [-0.3, -0.25) is 4.98 Å². The molecule has 3 aromatic rings. The van der Waals surface area contributed by atoms with Gasteiger partial charge in [-0.1, -0.05) is 29.8 Å². The fourth-order valence-electron chi connectivity index (χ4n) is 2.51. The van der Waals surface area contributed by atoms with E-state index in [0.29, 0.717) is 23.2 Å². The van der Waals surface area contributed by atoms with Gasteiger partial charge in [-0.25, -0.2) is 8.78 Å². The summed E-state index contributed by atoms with van der Waals surface area (Å²) in [6.07, 6.45) is 3.44. The van der Waals surface area contributed by atoms with Crippen molar-refractivity contribution in [3.63, 3.8) is 0 Å². The normalized spacial score (nSPS) is 10.5. The molecule has 0 fully saturated rings. The summed E-state index contributed by atoms with van der Waals surface area (Å²) in [5.74, 6) is -1.34. The maximum atomic E-state index is 14.0. The lowest BCUT2D eigenvalue weighted by atomic mass is 10.2. The van der Waals surface area contributed by atoms with E-state index in [9.17, 15) is 8.78 Å². The Bertz CT molecular complexity index is 920. The van der Waals surface area contributed by atoms with Gasteiger partial charge in [0, 0.05) is 36.6 Å². The molecular weight excluding hydrogens is 388 g/mol. The van der Waals surface area contributed by atoms with Crippen LogP contribution in [0, 0.1) is 11.6 Å². The fourth-order valence-corrected chi connectivity index (χ4v) is 2.87. The first-order valence-corrected chi connectivity index (χ1v) is 8.94. The predicted octanol–water partition coefficient (Wildman–Crippen LogP) is 5.41. The first-order chi connectivity index (χ1) is 13.0. The lowest BCUT2D eigenvalue weighted by Gasteiger charge is -2.26. The molecule has 0 atom stereocenters. The zero-order valence-electron chi connectivity index (χ0n) is 14.2. The molecule has 0 saturated carbocycles. The van der Waals surface area contributed by atoms with E-state index < -0.39 is 11.6 Å². The summed E-state index contributed by atoms with van der Waals surface area (Å²) in [6.45, 7) is 0.964. The zero-order valence-corrected chi connectivity index (χ0v) is 15.8. The van der Waals surface area contributed by atoms with Crippen molar-refractivity contribution >= 4 is 34.6 Å². The van der Waals surface area contributed by atoms with Crippen molar-refractivity contribution in [2.45, 2.75) is 13.1 Å². The second-order valence-electron chi connectivity index (χ2n) is 5.90. The van der Waals surface area contributed by atoms with E-state index in [-0.39, 0.29) is 5.69 Å². The fraction of sp³-hybridized carbons (Fsp3) is 0.100.